The van der Waals surface area contributed by atoms with Crippen molar-refractivity contribution in [3.8, 4) is 5.75 Å². The maximum Gasteiger partial charge on any atom is 0.352 e. The number of phenols is 1. The van der Waals surface area contributed by atoms with Crippen LogP contribution in [0.5, 0.6) is 5.75 Å². The van der Waals surface area contributed by atoms with Crippen molar-refractivity contribution < 1.29 is 29.3 Å². The highest BCUT2D eigenvalue weighted by Gasteiger charge is 2.53. The van der Waals surface area contributed by atoms with Gasteiger partial charge in [-0.15, -0.1) is 11.8 Å². The summed E-state index contributed by atoms with van der Waals surface area (Å²) in [4.78, 5) is 41.6. The lowest BCUT2D eigenvalue weighted by Crippen LogP contribution is -2.64. The number of aliphatic imine (C=N–C) groups is 1. The number of carboxylic acid groups (broad SMARTS) is 1. The zero-order valence-corrected chi connectivity index (χ0v) is 21.4. The largest absolute Gasteiger partial charge is 0.507 e. The summed E-state index contributed by atoms with van der Waals surface area (Å²) in [6.45, 7) is 13.2. The Bertz CT molecular complexity index is 1060. The van der Waals surface area contributed by atoms with E-state index in [2.05, 4.69) is 4.99 Å². The van der Waals surface area contributed by atoms with E-state index < -0.39 is 29.3 Å². The molecule has 34 heavy (non-hydrogen) atoms. The van der Waals surface area contributed by atoms with Crippen LogP contribution >= 0.6 is 11.8 Å². The number of β-lactam (4-membered cyclic amide) rings is 1. The van der Waals surface area contributed by atoms with E-state index in [1.54, 1.807) is 6.21 Å². The van der Waals surface area contributed by atoms with Crippen LogP contribution < -0.4 is 0 Å². The summed E-state index contributed by atoms with van der Waals surface area (Å²) in [5.41, 5.74) is 2.02. The van der Waals surface area contributed by atoms with E-state index in [1.165, 1.54) is 23.6 Å². The molecule has 184 valence electrons. The molecule has 1 aromatic carbocycles. The predicted molar refractivity (Wildman–Crippen MR) is 131 cm³/mol. The summed E-state index contributed by atoms with van der Waals surface area (Å²) >= 11 is 1.40. The van der Waals surface area contributed by atoms with Gasteiger partial charge in [-0.05, 0) is 28.5 Å². The SMILES string of the molecule is CC(=O)OCC1=C(C(=O)O)N2C(=O)[C@@H](N=Cc3cc(C(C)(C)C)c(O)c(C(C)(C)C)c3)[C@@H]2SC1. The van der Waals surface area contributed by atoms with Gasteiger partial charge in [0.05, 0.1) is 0 Å². The second kappa shape index (κ2) is 9.09. The maximum atomic E-state index is 12.9. The van der Waals surface area contributed by atoms with E-state index >= 15 is 0 Å². The zero-order valence-electron chi connectivity index (χ0n) is 20.6. The lowest BCUT2D eigenvalue weighted by Gasteiger charge is -2.47. The fraction of sp³-hybridized carbons (Fsp3) is 0.520. The lowest BCUT2D eigenvalue weighted by atomic mass is 9.78. The van der Waals surface area contributed by atoms with Gasteiger partial charge in [0.2, 0.25) is 0 Å². The standard InChI is InChI=1S/C25H32N2O6S/c1-13(28)33-11-15-12-34-22-18(21(30)27(22)19(15)23(31)32)26-10-14-8-16(24(2,3)4)20(29)17(9-14)25(5,6)7/h8-10,18,22,29H,11-12H2,1-7H3,(H,31,32)/t18-,22+/m1/s1. The number of aliphatic carboxylic acids is 1. The highest BCUT2D eigenvalue weighted by Crippen LogP contribution is 2.42. The highest BCUT2D eigenvalue weighted by molar-refractivity contribution is 8.00. The van der Waals surface area contributed by atoms with E-state index in [9.17, 15) is 24.6 Å². The summed E-state index contributed by atoms with van der Waals surface area (Å²) in [5.74, 6) is -1.55. The number of phenolic OH excluding ortho intramolecular Hbond substituents is 1. The van der Waals surface area contributed by atoms with E-state index in [4.69, 9.17) is 4.74 Å². The van der Waals surface area contributed by atoms with Crippen molar-refractivity contribution in [1.29, 1.82) is 0 Å². The normalized spacial score (nSPS) is 20.9. The number of esters is 1. The number of hydrogen-bond donors (Lipinski definition) is 2. The first-order valence-corrected chi connectivity index (χ1v) is 12.1. The van der Waals surface area contributed by atoms with Crippen LogP contribution in [-0.2, 0) is 30.0 Å². The van der Waals surface area contributed by atoms with Crippen molar-refractivity contribution >= 4 is 35.8 Å². The van der Waals surface area contributed by atoms with Gasteiger partial charge < -0.3 is 14.9 Å². The third-order valence-corrected chi connectivity index (χ3v) is 7.13. The minimum absolute atomic E-state index is 0.129. The Labute approximate surface area is 204 Å². The van der Waals surface area contributed by atoms with E-state index in [-0.39, 0.29) is 28.9 Å². The van der Waals surface area contributed by atoms with Crippen LogP contribution in [0.3, 0.4) is 0 Å². The van der Waals surface area contributed by atoms with Gasteiger partial charge in [0.25, 0.3) is 5.91 Å². The van der Waals surface area contributed by atoms with Gasteiger partial charge in [0, 0.05) is 35.6 Å². The maximum absolute atomic E-state index is 12.9. The fourth-order valence-corrected chi connectivity index (χ4v) is 5.33. The number of nitrogens with zero attached hydrogens (tertiary/aromatic N) is 2. The number of carboxylic acids is 1. The number of amides is 1. The smallest absolute Gasteiger partial charge is 0.352 e. The average Bonchev–Trinajstić information content (AvgIpc) is 2.70. The van der Waals surface area contributed by atoms with Crippen LogP contribution in [0.25, 0.3) is 0 Å². The minimum atomic E-state index is -1.23. The minimum Gasteiger partial charge on any atom is -0.507 e. The molecule has 0 aromatic heterocycles. The molecule has 0 unspecified atom stereocenters. The number of carbonyl (C=O) groups excluding carboxylic acids is 2. The summed E-state index contributed by atoms with van der Waals surface area (Å²) < 4.78 is 4.96. The quantitative estimate of drug-likeness (QED) is 0.370. The van der Waals surface area contributed by atoms with Crippen LogP contribution in [0, 0.1) is 0 Å². The zero-order chi connectivity index (χ0) is 25.6. The van der Waals surface area contributed by atoms with Gasteiger partial charge >= 0.3 is 11.9 Å². The molecule has 8 nitrogen and oxygen atoms in total. The van der Waals surface area contributed by atoms with E-state index in [0.717, 1.165) is 16.7 Å². The molecule has 1 fully saturated rings. The number of benzene rings is 1. The van der Waals surface area contributed by atoms with E-state index in [0.29, 0.717) is 11.3 Å². The highest BCUT2D eigenvalue weighted by atomic mass is 32.2. The Hall–Kier alpha value is -2.81. The first-order valence-electron chi connectivity index (χ1n) is 11.1. The second-order valence-corrected chi connectivity index (χ2v) is 11.7. The second-order valence-electron chi connectivity index (χ2n) is 10.6. The van der Waals surface area contributed by atoms with Gasteiger partial charge in [-0.1, -0.05) is 41.5 Å². The molecule has 0 spiro atoms. The number of hydrogen-bond acceptors (Lipinski definition) is 7. The Kier molecular flexibility index (Phi) is 6.90. The summed E-state index contributed by atoms with van der Waals surface area (Å²) in [6, 6.07) is 3.05. The molecule has 1 amide bonds. The van der Waals surface area contributed by atoms with Crippen LogP contribution in [0.2, 0.25) is 0 Å². The molecular formula is C25H32N2O6S. The molecule has 1 saturated heterocycles. The average molecular weight is 489 g/mol. The van der Waals surface area contributed by atoms with Crippen molar-refractivity contribution in [2.45, 2.75) is 70.7 Å². The summed E-state index contributed by atoms with van der Waals surface area (Å²) in [7, 11) is 0. The Morgan fingerprint density at radius 1 is 1.18 bits per heavy atom. The van der Waals surface area contributed by atoms with Crippen molar-refractivity contribution in [2.75, 3.05) is 12.4 Å². The Morgan fingerprint density at radius 3 is 2.21 bits per heavy atom. The topological polar surface area (TPSA) is 116 Å². The van der Waals surface area contributed by atoms with Gasteiger partial charge in [0.15, 0.2) is 6.04 Å². The van der Waals surface area contributed by atoms with Crippen LogP contribution in [0.4, 0.5) is 0 Å². The number of aromatic hydroxyl groups is 1. The third-order valence-electron chi connectivity index (χ3n) is 5.80. The van der Waals surface area contributed by atoms with Crippen molar-refractivity contribution in [1.82, 2.24) is 4.90 Å². The van der Waals surface area contributed by atoms with Crippen LogP contribution in [0.15, 0.2) is 28.4 Å². The molecule has 2 aliphatic rings. The third kappa shape index (κ3) is 4.99. The molecule has 3 rings (SSSR count). The Morgan fingerprint density at radius 2 is 1.74 bits per heavy atom. The molecule has 0 bridgehead atoms. The van der Waals surface area contributed by atoms with Gasteiger partial charge in [-0.2, -0.15) is 0 Å². The fourth-order valence-electron chi connectivity index (χ4n) is 4.01. The molecule has 2 N–H and O–H groups in total. The van der Waals surface area contributed by atoms with Crippen LogP contribution in [0.1, 0.15) is 65.2 Å². The monoisotopic (exact) mass is 488 g/mol. The summed E-state index contributed by atoms with van der Waals surface area (Å²) in [5, 5.41) is 20.1. The molecule has 0 saturated carbocycles. The van der Waals surface area contributed by atoms with Crippen molar-refractivity contribution in [3.05, 3.63) is 40.1 Å². The first-order chi connectivity index (χ1) is 15.6. The van der Waals surface area contributed by atoms with E-state index in [1.807, 2.05) is 53.7 Å². The molecular weight excluding hydrogens is 456 g/mol. The predicted octanol–water partition coefficient (Wildman–Crippen LogP) is 3.59. The lowest BCUT2D eigenvalue weighted by molar-refractivity contribution is -0.148. The number of rotatable bonds is 5. The van der Waals surface area contributed by atoms with Crippen molar-refractivity contribution in [2.24, 2.45) is 4.99 Å². The van der Waals surface area contributed by atoms with Crippen LogP contribution in [-0.4, -0.2) is 62.9 Å². The molecule has 0 aliphatic carbocycles. The van der Waals surface area contributed by atoms with Gasteiger partial charge in [-0.3, -0.25) is 19.5 Å². The molecule has 2 atom stereocenters. The number of carbonyl (C=O) groups is 3. The first kappa shape index (κ1) is 25.8. The summed E-state index contributed by atoms with van der Waals surface area (Å²) in [6.07, 6.45) is 1.63. The number of ether oxygens (including phenoxy) is 1. The van der Waals surface area contributed by atoms with Crippen molar-refractivity contribution in [3.63, 3.8) is 0 Å². The van der Waals surface area contributed by atoms with Gasteiger partial charge in [0.1, 0.15) is 23.4 Å². The number of fused-ring (bicyclic) bond motifs is 1. The molecule has 2 aliphatic heterocycles. The number of thioether (sulfide) groups is 1. The Balaban J connectivity index is 1.91. The van der Waals surface area contributed by atoms with Gasteiger partial charge in [-0.25, -0.2) is 4.79 Å². The molecule has 9 heteroatoms. The molecule has 0 radical (unpaired) electrons. The molecule has 1 aromatic rings. The molecule has 2 heterocycles.